The third kappa shape index (κ3) is 3.39. The molecular formula is C17H14ClN5O2. The first-order valence-corrected chi connectivity index (χ1v) is 7.79. The molecule has 0 aliphatic carbocycles. The lowest BCUT2D eigenvalue weighted by molar-refractivity contribution is 0.396. The minimum Gasteiger partial charge on any atom is -0.480 e. The van der Waals surface area contributed by atoms with E-state index in [9.17, 15) is 4.79 Å². The Kier molecular flexibility index (Phi) is 4.55. The molecule has 0 spiro atoms. The number of fused-ring (bicyclic) bond motifs is 1. The minimum atomic E-state index is -0.371. The summed E-state index contributed by atoms with van der Waals surface area (Å²) in [6.45, 7) is 1.81. The number of hydrogen-bond donors (Lipinski definition) is 2. The summed E-state index contributed by atoms with van der Waals surface area (Å²) in [5, 5.41) is 13.4. The molecule has 126 valence electrons. The molecule has 3 rings (SSSR count). The molecule has 0 bridgehead atoms. The van der Waals surface area contributed by atoms with Gasteiger partial charge in [0.15, 0.2) is 0 Å². The van der Waals surface area contributed by atoms with E-state index in [0.717, 1.165) is 5.39 Å². The predicted molar refractivity (Wildman–Crippen MR) is 94.9 cm³/mol. The molecule has 0 amide bonds. The lowest BCUT2D eigenvalue weighted by atomic mass is 10.1. The van der Waals surface area contributed by atoms with Crippen LogP contribution in [0.1, 0.15) is 24.1 Å². The van der Waals surface area contributed by atoms with E-state index >= 15 is 0 Å². The molecule has 2 N–H and O–H groups in total. The van der Waals surface area contributed by atoms with Crippen LogP contribution < -0.4 is 15.6 Å². The fraction of sp³-hybridized carbons (Fsp3) is 0.176. The van der Waals surface area contributed by atoms with Crippen LogP contribution in [0.5, 0.6) is 5.88 Å². The van der Waals surface area contributed by atoms with E-state index < -0.39 is 0 Å². The number of nitrogens with zero attached hydrogens (tertiary/aromatic N) is 3. The number of aromatic amines is 1. The molecule has 2 heterocycles. The minimum absolute atomic E-state index is 0.173. The quantitative estimate of drug-likeness (QED) is 0.745. The molecule has 0 aliphatic rings. The van der Waals surface area contributed by atoms with Crippen LogP contribution in [0.15, 0.2) is 35.3 Å². The normalized spacial score (nSPS) is 11.8. The maximum Gasteiger partial charge on any atom is 0.253 e. The monoisotopic (exact) mass is 355 g/mol. The van der Waals surface area contributed by atoms with Crippen molar-refractivity contribution >= 4 is 28.5 Å². The van der Waals surface area contributed by atoms with Crippen molar-refractivity contribution in [1.29, 1.82) is 5.26 Å². The van der Waals surface area contributed by atoms with Crippen LogP contribution in [0, 0.1) is 11.3 Å². The Hall–Kier alpha value is -3.11. The van der Waals surface area contributed by atoms with Crippen molar-refractivity contribution in [2.45, 2.75) is 13.0 Å². The number of halogens is 1. The maximum absolute atomic E-state index is 12.3. The van der Waals surface area contributed by atoms with Gasteiger partial charge in [0, 0.05) is 21.5 Å². The molecule has 8 heteroatoms. The SMILES string of the molecule is COc1nc(NC(C)c2cc3cc(Cl)ccc3[nH]c2=O)ncc1C#N. The number of nitriles is 1. The highest BCUT2D eigenvalue weighted by Crippen LogP contribution is 2.22. The van der Waals surface area contributed by atoms with Crippen LogP contribution in [0.25, 0.3) is 10.9 Å². The van der Waals surface area contributed by atoms with Crippen molar-refractivity contribution in [3.63, 3.8) is 0 Å². The highest BCUT2D eigenvalue weighted by atomic mass is 35.5. The zero-order valence-corrected chi connectivity index (χ0v) is 14.3. The predicted octanol–water partition coefficient (Wildman–Crippen LogP) is 3.02. The molecule has 1 aromatic carbocycles. The summed E-state index contributed by atoms with van der Waals surface area (Å²) >= 11 is 6.01. The number of H-pyrrole nitrogens is 1. The Morgan fingerprint density at radius 2 is 2.20 bits per heavy atom. The van der Waals surface area contributed by atoms with Gasteiger partial charge >= 0.3 is 0 Å². The molecule has 0 aliphatic heterocycles. The highest BCUT2D eigenvalue weighted by Gasteiger charge is 2.14. The first-order valence-electron chi connectivity index (χ1n) is 7.42. The van der Waals surface area contributed by atoms with Crippen molar-refractivity contribution in [3.05, 3.63) is 57.0 Å². The smallest absolute Gasteiger partial charge is 0.253 e. The Bertz CT molecular complexity index is 1040. The van der Waals surface area contributed by atoms with Crippen LogP contribution in [0.2, 0.25) is 5.02 Å². The standard InChI is InChI=1S/C17H14ClN5O2/c1-9(21-17-20-8-11(7-19)16(23-17)25-2)13-6-10-5-12(18)3-4-14(10)22-15(13)24/h3-6,8-9H,1-2H3,(H,22,24)(H,20,21,23). The summed E-state index contributed by atoms with van der Waals surface area (Å²) in [5.41, 5.74) is 1.25. The number of nitrogens with one attached hydrogen (secondary N) is 2. The van der Waals surface area contributed by atoms with Crippen LogP contribution in [-0.4, -0.2) is 22.1 Å². The molecular weight excluding hydrogens is 342 g/mol. The van der Waals surface area contributed by atoms with Crippen LogP contribution in [-0.2, 0) is 0 Å². The summed E-state index contributed by atoms with van der Waals surface area (Å²) < 4.78 is 5.06. The van der Waals surface area contributed by atoms with Gasteiger partial charge in [-0.1, -0.05) is 11.6 Å². The summed E-state index contributed by atoms with van der Waals surface area (Å²) in [6.07, 6.45) is 1.37. The van der Waals surface area contributed by atoms with Gasteiger partial charge in [-0.3, -0.25) is 4.79 Å². The van der Waals surface area contributed by atoms with E-state index in [2.05, 4.69) is 20.3 Å². The van der Waals surface area contributed by atoms with Crippen molar-refractivity contribution in [1.82, 2.24) is 15.0 Å². The molecule has 25 heavy (non-hydrogen) atoms. The largest absolute Gasteiger partial charge is 0.480 e. The lowest BCUT2D eigenvalue weighted by Gasteiger charge is -2.14. The first kappa shape index (κ1) is 16.7. The second kappa shape index (κ2) is 6.79. The van der Waals surface area contributed by atoms with Gasteiger partial charge in [0.25, 0.3) is 5.56 Å². The van der Waals surface area contributed by atoms with Gasteiger partial charge in [-0.2, -0.15) is 10.2 Å². The van der Waals surface area contributed by atoms with E-state index in [1.54, 1.807) is 24.3 Å². The average Bonchev–Trinajstić information content (AvgIpc) is 2.61. The Labute approximate surface area is 148 Å². The maximum atomic E-state index is 12.3. The summed E-state index contributed by atoms with van der Waals surface area (Å²) in [4.78, 5) is 23.4. The summed E-state index contributed by atoms with van der Waals surface area (Å²) in [5.74, 6) is 0.431. The molecule has 1 atom stereocenters. The van der Waals surface area contributed by atoms with E-state index in [4.69, 9.17) is 21.6 Å². The molecule has 0 radical (unpaired) electrons. The summed E-state index contributed by atoms with van der Waals surface area (Å²) in [6, 6.07) is 8.62. The number of aromatic nitrogens is 3. The zero-order chi connectivity index (χ0) is 18.0. The van der Waals surface area contributed by atoms with Gasteiger partial charge in [-0.15, -0.1) is 0 Å². The molecule has 0 saturated heterocycles. The fourth-order valence-electron chi connectivity index (χ4n) is 2.46. The van der Waals surface area contributed by atoms with Gasteiger partial charge in [-0.25, -0.2) is 4.98 Å². The van der Waals surface area contributed by atoms with Gasteiger partial charge in [0.1, 0.15) is 11.6 Å². The number of hydrogen-bond acceptors (Lipinski definition) is 6. The van der Waals surface area contributed by atoms with E-state index in [1.807, 2.05) is 13.0 Å². The highest BCUT2D eigenvalue weighted by molar-refractivity contribution is 6.31. The third-order valence-electron chi connectivity index (χ3n) is 3.71. The fourth-order valence-corrected chi connectivity index (χ4v) is 2.64. The second-order valence-corrected chi connectivity index (χ2v) is 5.82. The average molecular weight is 356 g/mol. The van der Waals surface area contributed by atoms with Gasteiger partial charge in [-0.05, 0) is 31.2 Å². The molecule has 0 saturated carbocycles. The molecule has 3 aromatic rings. The Balaban J connectivity index is 1.94. The van der Waals surface area contributed by atoms with Gasteiger partial charge in [0.2, 0.25) is 11.8 Å². The van der Waals surface area contributed by atoms with Crippen LogP contribution in [0.3, 0.4) is 0 Å². The van der Waals surface area contributed by atoms with Crippen molar-refractivity contribution in [2.24, 2.45) is 0 Å². The van der Waals surface area contributed by atoms with Gasteiger partial charge in [0.05, 0.1) is 19.3 Å². The summed E-state index contributed by atoms with van der Waals surface area (Å²) in [7, 11) is 1.42. The zero-order valence-electron chi connectivity index (χ0n) is 13.5. The second-order valence-electron chi connectivity index (χ2n) is 5.38. The Morgan fingerprint density at radius 1 is 1.40 bits per heavy atom. The number of methoxy groups -OCH3 is 1. The van der Waals surface area contributed by atoms with E-state index in [-0.39, 0.29) is 29.0 Å². The van der Waals surface area contributed by atoms with Crippen molar-refractivity contribution in [3.8, 4) is 11.9 Å². The van der Waals surface area contributed by atoms with Gasteiger partial charge < -0.3 is 15.0 Å². The van der Waals surface area contributed by atoms with Crippen LogP contribution in [0.4, 0.5) is 5.95 Å². The number of benzene rings is 1. The number of anilines is 1. The van der Waals surface area contributed by atoms with Crippen LogP contribution >= 0.6 is 11.6 Å². The lowest BCUT2D eigenvalue weighted by Crippen LogP contribution is -2.20. The number of pyridine rings is 1. The molecule has 2 aromatic heterocycles. The topological polar surface area (TPSA) is 104 Å². The van der Waals surface area contributed by atoms with Crippen molar-refractivity contribution < 1.29 is 4.74 Å². The van der Waals surface area contributed by atoms with Crippen molar-refractivity contribution in [2.75, 3.05) is 12.4 Å². The molecule has 0 fully saturated rings. The third-order valence-corrected chi connectivity index (χ3v) is 3.95. The first-order chi connectivity index (χ1) is 12.0. The Morgan fingerprint density at radius 3 is 2.92 bits per heavy atom. The number of ether oxygens (including phenoxy) is 1. The van der Waals surface area contributed by atoms with E-state index in [1.165, 1.54) is 13.3 Å². The molecule has 7 nitrogen and oxygen atoms in total. The molecule has 1 unspecified atom stereocenters. The van der Waals surface area contributed by atoms with E-state index in [0.29, 0.717) is 16.1 Å². The number of rotatable bonds is 4.